The van der Waals surface area contributed by atoms with Gasteiger partial charge in [0.15, 0.2) is 0 Å². The van der Waals surface area contributed by atoms with E-state index in [1.165, 1.54) is 10.5 Å². The van der Waals surface area contributed by atoms with Gasteiger partial charge in [0.25, 0.3) is 0 Å². The number of rotatable bonds is 4. The molecule has 1 saturated carbocycles. The zero-order valence-corrected chi connectivity index (χ0v) is 11.4. The smallest absolute Gasteiger partial charge is 0.304 e. The lowest BCUT2D eigenvalue weighted by molar-refractivity contribution is -0.137. The van der Waals surface area contributed by atoms with Crippen molar-refractivity contribution in [2.75, 3.05) is 6.26 Å². The summed E-state index contributed by atoms with van der Waals surface area (Å²) in [5.74, 6) is -0.704. The topological polar surface area (TPSA) is 37.3 Å². The van der Waals surface area contributed by atoms with E-state index in [1.807, 2.05) is 12.3 Å². The van der Waals surface area contributed by atoms with E-state index in [9.17, 15) is 4.79 Å². The van der Waals surface area contributed by atoms with E-state index in [-0.39, 0.29) is 11.8 Å². The number of carboxylic acid groups (broad SMARTS) is 1. The second-order valence-electron chi connectivity index (χ2n) is 4.20. The lowest BCUT2D eigenvalue weighted by atomic mass is 9.92. The number of benzene rings is 1. The zero-order valence-electron chi connectivity index (χ0n) is 9.00. The Hall–Kier alpha value is -0.480. The average molecular weight is 301 g/mol. The maximum absolute atomic E-state index is 10.9. The molecule has 1 N–H and O–H groups in total. The fraction of sp³-hybridized carbons (Fsp3) is 0.417. The molecule has 0 spiro atoms. The molecule has 0 unspecified atom stereocenters. The Kier molecular flexibility index (Phi) is 3.31. The van der Waals surface area contributed by atoms with E-state index in [0.29, 0.717) is 0 Å². The molecule has 0 atom stereocenters. The molecule has 86 valence electrons. The van der Waals surface area contributed by atoms with E-state index in [0.717, 1.165) is 17.3 Å². The standard InChI is InChI=1S/C12H13BrO2S/c1-16-10-3-2-8(13)6-9(10)12(4-5-12)7-11(14)15/h2-3,6H,4-5,7H2,1H3,(H,14,15). The number of hydrogen-bond donors (Lipinski definition) is 1. The van der Waals surface area contributed by atoms with E-state index >= 15 is 0 Å². The largest absolute Gasteiger partial charge is 0.481 e. The third-order valence-electron chi connectivity index (χ3n) is 3.08. The number of carbonyl (C=O) groups is 1. The van der Waals surface area contributed by atoms with Gasteiger partial charge in [-0.05, 0) is 42.9 Å². The molecular weight excluding hydrogens is 288 g/mol. The Labute approximate surface area is 108 Å². The van der Waals surface area contributed by atoms with Crippen LogP contribution >= 0.6 is 27.7 Å². The Morgan fingerprint density at radius 1 is 1.56 bits per heavy atom. The van der Waals surface area contributed by atoms with Crippen molar-refractivity contribution in [2.24, 2.45) is 0 Å². The van der Waals surface area contributed by atoms with Crippen LogP contribution in [0.1, 0.15) is 24.8 Å². The van der Waals surface area contributed by atoms with Crippen molar-refractivity contribution in [2.45, 2.75) is 29.6 Å². The number of thioether (sulfide) groups is 1. The van der Waals surface area contributed by atoms with Crippen molar-refractivity contribution < 1.29 is 9.90 Å². The minimum absolute atomic E-state index is 0.103. The van der Waals surface area contributed by atoms with Crippen LogP contribution in [0.25, 0.3) is 0 Å². The van der Waals surface area contributed by atoms with Gasteiger partial charge in [0.1, 0.15) is 0 Å². The first-order valence-corrected chi connectivity index (χ1v) is 7.15. The van der Waals surface area contributed by atoms with Crippen LogP contribution in [0.15, 0.2) is 27.6 Å². The highest BCUT2D eigenvalue weighted by molar-refractivity contribution is 9.10. The highest BCUT2D eigenvalue weighted by atomic mass is 79.9. The number of hydrogen-bond acceptors (Lipinski definition) is 2. The number of aliphatic carboxylic acids is 1. The van der Waals surface area contributed by atoms with Gasteiger partial charge in [0.2, 0.25) is 0 Å². The maximum atomic E-state index is 10.9. The molecule has 0 heterocycles. The summed E-state index contributed by atoms with van der Waals surface area (Å²) in [5.41, 5.74) is 1.09. The average Bonchev–Trinajstić information content (AvgIpc) is 2.98. The zero-order chi connectivity index (χ0) is 11.8. The van der Waals surface area contributed by atoms with Crippen molar-refractivity contribution in [3.63, 3.8) is 0 Å². The molecule has 1 aliphatic carbocycles. The molecule has 1 aromatic carbocycles. The molecule has 2 nitrogen and oxygen atoms in total. The van der Waals surface area contributed by atoms with Crippen molar-refractivity contribution in [1.29, 1.82) is 0 Å². The fourth-order valence-corrected chi connectivity index (χ4v) is 3.14. The van der Waals surface area contributed by atoms with Crippen molar-refractivity contribution in [3.8, 4) is 0 Å². The number of carboxylic acids is 1. The highest BCUT2D eigenvalue weighted by Crippen LogP contribution is 2.53. The summed E-state index contributed by atoms with van der Waals surface area (Å²) in [7, 11) is 0. The van der Waals surface area contributed by atoms with Gasteiger partial charge in [-0.15, -0.1) is 11.8 Å². The molecule has 0 aromatic heterocycles. The first-order valence-electron chi connectivity index (χ1n) is 5.13. The van der Waals surface area contributed by atoms with Crippen LogP contribution < -0.4 is 0 Å². The quantitative estimate of drug-likeness (QED) is 0.862. The van der Waals surface area contributed by atoms with Gasteiger partial charge in [-0.25, -0.2) is 0 Å². The summed E-state index contributed by atoms with van der Waals surface area (Å²) < 4.78 is 1.02. The minimum Gasteiger partial charge on any atom is -0.481 e. The molecule has 2 rings (SSSR count). The van der Waals surface area contributed by atoms with E-state index in [4.69, 9.17) is 5.11 Å². The Balaban J connectivity index is 2.38. The van der Waals surface area contributed by atoms with Crippen molar-refractivity contribution >= 4 is 33.7 Å². The summed E-state index contributed by atoms with van der Waals surface area (Å²) in [5, 5.41) is 8.96. The van der Waals surface area contributed by atoms with Crippen LogP contribution in [0.4, 0.5) is 0 Å². The molecule has 4 heteroatoms. The van der Waals surface area contributed by atoms with Crippen LogP contribution in [-0.2, 0) is 10.2 Å². The molecule has 1 aliphatic rings. The molecule has 0 amide bonds. The second kappa shape index (κ2) is 4.41. The van der Waals surface area contributed by atoms with Gasteiger partial charge < -0.3 is 5.11 Å². The van der Waals surface area contributed by atoms with Crippen LogP contribution in [0.2, 0.25) is 0 Å². The fourth-order valence-electron chi connectivity index (χ4n) is 2.08. The normalized spacial score (nSPS) is 17.1. The predicted molar refractivity (Wildman–Crippen MR) is 69.1 cm³/mol. The molecular formula is C12H13BrO2S. The molecule has 1 fully saturated rings. The molecule has 0 saturated heterocycles. The SMILES string of the molecule is CSc1ccc(Br)cc1C1(CC(=O)O)CC1. The van der Waals surface area contributed by atoms with Crippen molar-refractivity contribution in [1.82, 2.24) is 0 Å². The monoisotopic (exact) mass is 300 g/mol. The van der Waals surface area contributed by atoms with Crippen LogP contribution in [0, 0.1) is 0 Å². The third-order valence-corrected chi connectivity index (χ3v) is 4.37. The van der Waals surface area contributed by atoms with Gasteiger partial charge in [0, 0.05) is 14.8 Å². The van der Waals surface area contributed by atoms with Gasteiger partial charge in [-0.1, -0.05) is 15.9 Å². The molecule has 1 aromatic rings. The lowest BCUT2D eigenvalue weighted by Gasteiger charge is -2.17. The summed E-state index contributed by atoms with van der Waals surface area (Å²) in [4.78, 5) is 12.1. The van der Waals surface area contributed by atoms with Gasteiger partial charge >= 0.3 is 5.97 Å². The van der Waals surface area contributed by atoms with E-state index < -0.39 is 5.97 Å². The third kappa shape index (κ3) is 2.28. The summed E-state index contributed by atoms with van der Waals surface area (Å²) in [6, 6.07) is 6.14. The van der Waals surface area contributed by atoms with Crippen molar-refractivity contribution in [3.05, 3.63) is 28.2 Å². The molecule has 0 radical (unpaired) electrons. The van der Waals surface area contributed by atoms with E-state index in [2.05, 4.69) is 28.1 Å². The van der Waals surface area contributed by atoms with Crippen LogP contribution in [-0.4, -0.2) is 17.3 Å². The Morgan fingerprint density at radius 3 is 2.75 bits per heavy atom. The molecule has 0 aliphatic heterocycles. The lowest BCUT2D eigenvalue weighted by Crippen LogP contribution is -2.14. The van der Waals surface area contributed by atoms with Crippen LogP contribution in [0.3, 0.4) is 0 Å². The summed E-state index contributed by atoms with van der Waals surface area (Å²) in [6.45, 7) is 0. The summed E-state index contributed by atoms with van der Waals surface area (Å²) >= 11 is 5.14. The minimum atomic E-state index is -0.704. The summed E-state index contributed by atoms with van der Waals surface area (Å²) in [6.07, 6.45) is 4.26. The van der Waals surface area contributed by atoms with E-state index in [1.54, 1.807) is 11.8 Å². The predicted octanol–water partition coefficient (Wildman–Crippen LogP) is 3.68. The first-order chi connectivity index (χ1) is 7.57. The van der Waals surface area contributed by atoms with Gasteiger partial charge in [0.05, 0.1) is 6.42 Å². The Morgan fingerprint density at radius 2 is 2.25 bits per heavy atom. The maximum Gasteiger partial charge on any atom is 0.304 e. The second-order valence-corrected chi connectivity index (χ2v) is 5.96. The van der Waals surface area contributed by atoms with Crippen LogP contribution in [0.5, 0.6) is 0 Å². The van der Waals surface area contributed by atoms with Gasteiger partial charge in [-0.2, -0.15) is 0 Å². The molecule has 0 bridgehead atoms. The first kappa shape index (κ1) is 12.0. The molecule has 16 heavy (non-hydrogen) atoms. The van der Waals surface area contributed by atoms with Gasteiger partial charge in [-0.3, -0.25) is 4.79 Å². The Bertz CT molecular complexity index is 427. The number of halogens is 1. The highest BCUT2D eigenvalue weighted by Gasteiger charge is 2.47.